The second-order valence-corrected chi connectivity index (χ2v) is 3.45. The van der Waals surface area contributed by atoms with Crippen LogP contribution in [0.1, 0.15) is 17.5 Å². The van der Waals surface area contributed by atoms with Crippen LogP contribution in [0.15, 0.2) is 18.2 Å². The number of nitriles is 1. The predicted octanol–water partition coefficient (Wildman–Crippen LogP) is 3.23. The summed E-state index contributed by atoms with van der Waals surface area (Å²) in [6.45, 7) is 1.60. The van der Waals surface area contributed by atoms with E-state index in [0.29, 0.717) is 11.3 Å². The van der Waals surface area contributed by atoms with Crippen LogP contribution in [0.5, 0.6) is 0 Å². The Morgan fingerprint density at radius 1 is 1.38 bits per heavy atom. The number of halogens is 3. The molecule has 1 aromatic carbocycles. The number of hydrogen-bond donors (Lipinski definition) is 1. The summed E-state index contributed by atoms with van der Waals surface area (Å²) in [6.07, 6.45) is -5.09. The van der Waals surface area contributed by atoms with Crippen LogP contribution in [0.25, 0.3) is 0 Å². The molecule has 0 heterocycles. The summed E-state index contributed by atoms with van der Waals surface area (Å²) in [5.41, 5.74) is 1.71. The Labute approximate surface area is 91.7 Å². The van der Waals surface area contributed by atoms with Gasteiger partial charge in [-0.2, -0.15) is 18.4 Å². The summed E-state index contributed by atoms with van der Waals surface area (Å²) in [7, 11) is 0. The first-order valence-electron chi connectivity index (χ1n) is 4.74. The van der Waals surface area contributed by atoms with Gasteiger partial charge in [-0.1, -0.05) is 6.07 Å². The average molecular weight is 228 g/mol. The van der Waals surface area contributed by atoms with Crippen LogP contribution in [0.2, 0.25) is 0 Å². The van der Waals surface area contributed by atoms with E-state index in [2.05, 4.69) is 5.32 Å². The standard InChI is InChI=1S/C11H11F3N2/c1-8-2-3-10(9(6-8)7-15)16-5-4-11(12,13)14/h2-3,6,16H,4-5H2,1H3. The first-order chi connectivity index (χ1) is 7.42. The summed E-state index contributed by atoms with van der Waals surface area (Å²) in [6, 6.07) is 6.94. The normalized spacial score (nSPS) is 10.9. The Balaban J connectivity index is 2.65. The summed E-state index contributed by atoms with van der Waals surface area (Å²) in [4.78, 5) is 0. The van der Waals surface area contributed by atoms with Gasteiger partial charge in [0.05, 0.1) is 17.7 Å². The molecule has 0 saturated heterocycles. The molecule has 16 heavy (non-hydrogen) atoms. The fraction of sp³-hybridized carbons (Fsp3) is 0.364. The van der Waals surface area contributed by atoms with Crippen LogP contribution in [-0.2, 0) is 0 Å². The summed E-state index contributed by atoms with van der Waals surface area (Å²) < 4.78 is 35.7. The zero-order valence-electron chi connectivity index (χ0n) is 8.73. The van der Waals surface area contributed by atoms with Crippen molar-refractivity contribution < 1.29 is 13.2 Å². The lowest BCUT2D eigenvalue weighted by atomic mass is 10.1. The molecule has 0 aliphatic heterocycles. The van der Waals surface area contributed by atoms with Gasteiger partial charge in [0.15, 0.2) is 0 Å². The highest BCUT2D eigenvalue weighted by molar-refractivity contribution is 5.58. The highest BCUT2D eigenvalue weighted by Gasteiger charge is 2.26. The van der Waals surface area contributed by atoms with Gasteiger partial charge in [-0.3, -0.25) is 0 Å². The lowest BCUT2D eigenvalue weighted by Crippen LogP contribution is -2.15. The van der Waals surface area contributed by atoms with Gasteiger partial charge < -0.3 is 5.32 Å². The van der Waals surface area contributed by atoms with Gasteiger partial charge in [-0.25, -0.2) is 0 Å². The zero-order valence-corrected chi connectivity index (χ0v) is 8.73. The van der Waals surface area contributed by atoms with Crippen LogP contribution in [0.4, 0.5) is 18.9 Å². The van der Waals surface area contributed by atoms with E-state index >= 15 is 0 Å². The molecular formula is C11H11F3N2. The molecule has 0 aromatic heterocycles. The van der Waals surface area contributed by atoms with Crippen LogP contribution in [0.3, 0.4) is 0 Å². The lowest BCUT2D eigenvalue weighted by Gasteiger charge is -2.10. The monoisotopic (exact) mass is 228 g/mol. The first-order valence-corrected chi connectivity index (χ1v) is 4.74. The molecule has 0 saturated carbocycles. The molecule has 0 spiro atoms. The minimum absolute atomic E-state index is 0.221. The number of nitrogens with zero attached hydrogens (tertiary/aromatic N) is 1. The zero-order chi connectivity index (χ0) is 12.2. The number of hydrogen-bond acceptors (Lipinski definition) is 2. The smallest absolute Gasteiger partial charge is 0.384 e. The van der Waals surface area contributed by atoms with Crippen molar-refractivity contribution in [2.45, 2.75) is 19.5 Å². The van der Waals surface area contributed by atoms with Crippen molar-refractivity contribution in [2.75, 3.05) is 11.9 Å². The molecule has 5 heteroatoms. The Morgan fingerprint density at radius 2 is 2.06 bits per heavy atom. The van der Waals surface area contributed by atoms with E-state index in [-0.39, 0.29) is 6.54 Å². The van der Waals surface area contributed by atoms with Crippen LogP contribution < -0.4 is 5.32 Å². The molecule has 0 aliphatic rings. The lowest BCUT2D eigenvalue weighted by molar-refractivity contribution is -0.131. The Kier molecular flexibility index (Phi) is 3.78. The maximum atomic E-state index is 11.9. The van der Waals surface area contributed by atoms with Crippen LogP contribution in [-0.4, -0.2) is 12.7 Å². The number of nitrogens with one attached hydrogen (secondary N) is 1. The maximum Gasteiger partial charge on any atom is 0.390 e. The fourth-order valence-electron chi connectivity index (χ4n) is 1.24. The molecule has 86 valence electrons. The van der Waals surface area contributed by atoms with Crippen LogP contribution in [0, 0.1) is 18.3 Å². The first kappa shape index (κ1) is 12.4. The summed E-state index contributed by atoms with van der Waals surface area (Å²) in [5, 5.41) is 11.4. The molecule has 0 atom stereocenters. The van der Waals surface area contributed by atoms with Crippen molar-refractivity contribution in [3.05, 3.63) is 29.3 Å². The molecule has 1 aromatic rings. The quantitative estimate of drug-likeness (QED) is 0.862. The Bertz CT molecular complexity index is 405. The molecule has 0 radical (unpaired) electrons. The predicted molar refractivity (Wildman–Crippen MR) is 55.1 cm³/mol. The number of benzene rings is 1. The topological polar surface area (TPSA) is 35.8 Å². The van der Waals surface area contributed by atoms with Crippen LogP contribution >= 0.6 is 0 Å². The third-order valence-electron chi connectivity index (χ3n) is 2.02. The van der Waals surface area contributed by atoms with Gasteiger partial charge in [-0.05, 0) is 24.6 Å². The third kappa shape index (κ3) is 3.81. The van der Waals surface area contributed by atoms with Gasteiger partial charge in [0.2, 0.25) is 0 Å². The van der Waals surface area contributed by atoms with Crippen molar-refractivity contribution >= 4 is 5.69 Å². The highest BCUT2D eigenvalue weighted by Crippen LogP contribution is 2.21. The van der Waals surface area contributed by atoms with E-state index in [0.717, 1.165) is 5.56 Å². The summed E-state index contributed by atoms with van der Waals surface area (Å²) >= 11 is 0. The molecule has 0 amide bonds. The highest BCUT2D eigenvalue weighted by atomic mass is 19.4. The van der Waals surface area contributed by atoms with Crippen molar-refractivity contribution in [2.24, 2.45) is 0 Å². The average Bonchev–Trinajstić information content (AvgIpc) is 2.18. The molecule has 0 aliphatic carbocycles. The molecule has 0 bridgehead atoms. The molecule has 1 N–H and O–H groups in total. The van der Waals surface area contributed by atoms with Gasteiger partial charge in [0.1, 0.15) is 6.07 Å². The number of rotatable bonds is 3. The van der Waals surface area contributed by atoms with E-state index in [1.165, 1.54) is 0 Å². The second-order valence-electron chi connectivity index (χ2n) is 3.45. The van der Waals surface area contributed by atoms with Crippen molar-refractivity contribution in [3.63, 3.8) is 0 Å². The fourth-order valence-corrected chi connectivity index (χ4v) is 1.24. The van der Waals surface area contributed by atoms with E-state index in [1.807, 2.05) is 13.0 Å². The maximum absolute atomic E-state index is 11.9. The van der Waals surface area contributed by atoms with E-state index in [4.69, 9.17) is 5.26 Å². The van der Waals surface area contributed by atoms with Gasteiger partial charge in [-0.15, -0.1) is 0 Å². The largest absolute Gasteiger partial charge is 0.390 e. The minimum Gasteiger partial charge on any atom is -0.384 e. The van der Waals surface area contributed by atoms with E-state index < -0.39 is 12.6 Å². The second kappa shape index (κ2) is 4.88. The number of alkyl halides is 3. The molecule has 0 fully saturated rings. The minimum atomic E-state index is -4.18. The molecule has 2 nitrogen and oxygen atoms in total. The van der Waals surface area contributed by atoms with Crippen molar-refractivity contribution in [1.29, 1.82) is 5.26 Å². The van der Waals surface area contributed by atoms with Crippen molar-refractivity contribution in [1.82, 2.24) is 0 Å². The molecule has 1 rings (SSSR count). The van der Waals surface area contributed by atoms with E-state index in [9.17, 15) is 13.2 Å². The number of anilines is 1. The number of aryl methyl sites for hydroxylation is 1. The van der Waals surface area contributed by atoms with Gasteiger partial charge in [0.25, 0.3) is 0 Å². The van der Waals surface area contributed by atoms with Crippen molar-refractivity contribution in [3.8, 4) is 6.07 Å². The SMILES string of the molecule is Cc1ccc(NCCC(F)(F)F)c(C#N)c1. The Morgan fingerprint density at radius 3 is 2.62 bits per heavy atom. The van der Waals surface area contributed by atoms with Gasteiger partial charge in [0, 0.05) is 6.54 Å². The van der Waals surface area contributed by atoms with E-state index in [1.54, 1.807) is 18.2 Å². The molecule has 0 unspecified atom stereocenters. The summed E-state index contributed by atoms with van der Waals surface area (Å²) in [5.74, 6) is 0. The third-order valence-corrected chi connectivity index (χ3v) is 2.02. The molecular weight excluding hydrogens is 217 g/mol. The Hall–Kier alpha value is -1.70. The van der Waals surface area contributed by atoms with Gasteiger partial charge >= 0.3 is 6.18 Å².